The van der Waals surface area contributed by atoms with Crippen LogP contribution in [0.1, 0.15) is 65.3 Å². The van der Waals surface area contributed by atoms with Crippen molar-refractivity contribution in [2.24, 2.45) is 5.92 Å². The molecule has 0 bridgehead atoms. The summed E-state index contributed by atoms with van der Waals surface area (Å²) >= 11 is 1.52. The van der Waals surface area contributed by atoms with Gasteiger partial charge >= 0.3 is 0 Å². The predicted molar refractivity (Wildman–Crippen MR) is 127 cm³/mol. The Hall–Kier alpha value is -2.18. The number of hydrogen-bond donors (Lipinski definition) is 2. The van der Waals surface area contributed by atoms with Crippen LogP contribution in [0.4, 0.5) is 0 Å². The summed E-state index contributed by atoms with van der Waals surface area (Å²) in [6, 6.07) is 5.32. The van der Waals surface area contributed by atoms with Crippen LogP contribution in [0.25, 0.3) is 10.9 Å². The van der Waals surface area contributed by atoms with Crippen molar-refractivity contribution in [3.05, 3.63) is 51.1 Å². The summed E-state index contributed by atoms with van der Waals surface area (Å²) < 4.78 is 0. The number of thiazole rings is 1. The number of carbonyl (C=O) groups excluding carboxylic acids is 1. The number of aromatic amines is 1. The van der Waals surface area contributed by atoms with Crippen LogP contribution >= 0.6 is 11.3 Å². The van der Waals surface area contributed by atoms with Crippen LogP contribution in [0, 0.1) is 12.8 Å². The highest BCUT2D eigenvalue weighted by atomic mass is 32.1. The SMILES string of the molecule is Cc1nc(C(=O)NC[C@@H]2C[C@@H]3c4cc(C(C)(C)C)cc5[nH]cc(c45)C[C@@H]3N(C)C2)cs1. The Labute approximate surface area is 188 Å². The smallest absolute Gasteiger partial charge is 0.270 e. The molecule has 1 fully saturated rings. The van der Waals surface area contributed by atoms with Gasteiger partial charge in [-0.15, -0.1) is 11.3 Å². The quantitative estimate of drug-likeness (QED) is 0.630. The van der Waals surface area contributed by atoms with Gasteiger partial charge in [-0.3, -0.25) is 4.79 Å². The van der Waals surface area contributed by atoms with E-state index in [1.807, 2.05) is 12.3 Å². The van der Waals surface area contributed by atoms with E-state index in [2.05, 4.69) is 66.3 Å². The van der Waals surface area contributed by atoms with Gasteiger partial charge in [0.25, 0.3) is 5.91 Å². The van der Waals surface area contributed by atoms with Gasteiger partial charge in [-0.1, -0.05) is 26.8 Å². The number of nitrogens with zero attached hydrogens (tertiary/aromatic N) is 2. The summed E-state index contributed by atoms with van der Waals surface area (Å²) in [5, 5.41) is 7.35. The molecule has 5 nitrogen and oxygen atoms in total. The average Bonchev–Trinajstić information content (AvgIpc) is 3.33. The molecular formula is C25H32N4OS. The number of H-pyrrole nitrogens is 1. The van der Waals surface area contributed by atoms with Gasteiger partial charge in [0.15, 0.2) is 0 Å². The molecular weight excluding hydrogens is 404 g/mol. The molecule has 0 unspecified atom stereocenters. The molecule has 1 amide bonds. The number of benzene rings is 1. The Bertz CT molecular complexity index is 1140. The monoisotopic (exact) mass is 436 g/mol. The summed E-state index contributed by atoms with van der Waals surface area (Å²) in [6.45, 7) is 10.5. The molecule has 3 aromatic rings. The lowest BCUT2D eigenvalue weighted by Crippen LogP contribution is -2.50. The molecule has 1 aliphatic heterocycles. The molecule has 2 aliphatic rings. The first-order chi connectivity index (χ1) is 14.7. The molecule has 2 N–H and O–H groups in total. The zero-order chi connectivity index (χ0) is 21.9. The first kappa shape index (κ1) is 20.7. The Morgan fingerprint density at radius 3 is 2.87 bits per heavy atom. The molecule has 0 saturated carbocycles. The van der Waals surface area contributed by atoms with Crippen molar-refractivity contribution in [2.75, 3.05) is 20.1 Å². The third-order valence-electron chi connectivity index (χ3n) is 7.15. The fraction of sp³-hybridized carbons (Fsp3) is 0.520. The van der Waals surface area contributed by atoms with E-state index in [1.54, 1.807) is 0 Å². The normalized spacial score (nSPS) is 23.7. The molecule has 0 radical (unpaired) electrons. The third-order valence-corrected chi connectivity index (χ3v) is 7.93. The molecule has 1 saturated heterocycles. The summed E-state index contributed by atoms with van der Waals surface area (Å²) in [5.74, 6) is 0.877. The molecule has 1 aromatic carbocycles. The topological polar surface area (TPSA) is 61.0 Å². The number of amides is 1. The lowest BCUT2D eigenvalue weighted by molar-refractivity contribution is 0.0887. The summed E-state index contributed by atoms with van der Waals surface area (Å²) in [6.07, 6.45) is 4.42. The van der Waals surface area contributed by atoms with Gasteiger partial charge in [-0.05, 0) is 60.9 Å². The van der Waals surface area contributed by atoms with Crippen molar-refractivity contribution in [3.8, 4) is 0 Å². The largest absolute Gasteiger partial charge is 0.361 e. The van der Waals surface area contributed by atoms with E-state index in [9.17, 15) is 4.79 Å². The minimum atomic E-state index is -0.0530. The van der Waals surface area contributed by atoms with Crippen LogP contribution in [0.15, 0.2) is 23.7 Å². The van der Waals surface area contributed by atoms with Gasteiger partial charge in [0.05, 0.1) is 5.01 Å². The molecule has 3 heterocycles. The van der Waals surface area contributed by atoms with E-state index in [0.29, 0.717) is 30.1 Å². The highest BCUT2D eigenvalue weighted by Gasteiger charge is 2.40. The second-order valence-electron chi connectivity index (χ2n) is 10.4. The number of aryl methyl sites for hydroxylation is 1. The van der Waals surface area contributed by atoms with E-state index in [4.69, 9.17) is 0 Å². The Kier molecular flexibility index (Phi) is 4.98. The molecule has 1 aliphatic carbocycles. The van der Waals surface area contributed by atoms with E-state index < -0.39 is 0 Å². The lowest BCUT2D eigenvalue weighted by Gasteiger charge is -2.46. The molecule has 2 aromatic heterocycles. The number of rotatable bonds is 3. The van der Waals surface area contributed by atoms with Crippen molar-refractivity contribution >= 4 is 28.1 Å². The number of aromatic nitrogens is 2. The fourth-order valence-corrected chi connectivity index (χ4v) is 6.09. The van der Waals surface area contributed by atoms with Crippen molar-refractivity contribution in [2.45, 2.75) is 57.9 Å². The van der Waals surface area contributed by atoms with E-state index in [0.717, 1.165) is 24.4 Å². The van der Waals surface area contributed by atoms with Gasteiger partial charge in [-0.25, -0.2) is 4.98 Å². The molecule has 164 valence electrons. The van der Waals surface area contributed by atoms with Crippen LogP contribution in [0.3, 0.4) is 0 Å². The molecule has 31 heavy (non-hydrogen) atoms. The van der Waals surface area contributed by atoms with Gasteiger partial charge in [-0.2, -0.15) is 0 Å². The van der Waals surface area contributed by atoms with Gasteiger partial charge in [0.2, 0.25) is 0 Å². The lowest BCUT2D eigenvalue weighted by atomic mass is 9.71. The average molecular weight is 437 g/mol. The summed E-state index contributed by atoms with van der Waals surface area (Å²) in [7, 11) is 2.25. The second kappa shape index (κ2) is 7.45. The minimum absolute atomic E-state index is 0.0530. The third kappa shape index (κ3) is 3.70. The Morgan fingerprint density at radius 2 is 2.16 bits per heavy atom. The van der Waals surface area contributed by atoms with Crippen LogP contribution < -0.4 is 5.32 Å². The maximum atomic E-state index is 12.5. The number of likely N-dealkylation sites (tertiary alicyclic amines) is 1. The van der Waals surface area contributed by atoms with Crippen molar-refractivity contribution in [1.82, 2.24) is 20.2 Å². The van der Waals surface area contributed by atoms with Gasteiger partial charge < -0.3 is 15.2 Å². The molecule has 6 heteroatoms. The van der Waals surface area contributed by atoms with Crippen molar-refractivity contribution in [1.29, 1.82) is 0 Å². The first-order valence-corrected chi connectivity index (χ1v) is 12.1. The molecule has 3 atom stereocenters. The number of nitrogens with one attached hydrogen (secondary N) is 2. The summed E-state index contributed by atoms with van der Waals surface area (Å²) in [4.78, 5) is 22.9. The second-order valence-corrected chi connectivity index (χ2v) is 11.5. The van der Waals surface area contributed by atoms with Crippen LogP contribution in [-0.4, -0.2) is 47.0 Å². The number of likely N-dealkylation sites (N-methyl/N-ethyl adjacent to an activating group) is 1. The maximum Gasteiger partial charge on any atom is 0.270 e. The Balaban J connectivity index is 1.41. The van der Waals surface area contributed by atoms with Crippen LogP contribution in [0.2, 0.25) is 0 Å². The highest BCUT2D eigenvalue weighted by Crippen LogP contribution is 2.45. The number of piperidine rings is 1. The zero-order valence-electron chi connectivity index (χ0n) is 19.1. The zero-order valence-corrected chi connectivity index (χ0v) is 19.9. The number of hydrogen-bond acceptors (Lipinski definition) is 4. The standard InChI is InChI=1S/C25H32N4OS/c1-14-28-21(13-31-14)24(30)27-10-15-6-18-19-8-17(25(2,3)4)9-20-23(19)16(11-26-20)7-22(18)29(5)12-15/h8-9,11,13,15,18,22,26H,6-7,10,12H2,1-5H3,(H,27,30)/t15-,18+,22-/m0/s1. The molecule has 5 rings (SSSR count). The first-order valence-electron chi connectivity index (χ1n) is 11.3. The van der Waals surface area contributed by atoms with Crippen LogP contribution in [-0.2, 0) is 11.8 Å². The van der Waals surface area contributed by atoms with Crippen molar-refractivity contribution < 1.29 is 4.79 Å². The fourth-order valence-electron chi connectivity index (χ4n) is 5.50. The van der Waals surface area contributed by atoms with Gasteiger partial charge in [0.1, 0.15) is 5.69 Å². The van der Waals surface area contributed by atoms with Crippen LogP contribution in [0.5, 0.6) is 0 Å². The Morgan fingerprint density at radius 1 is 1.35 bits per heavy atom. The minimum Gasteiger partial charge on any atom is -0.361 e. The number of fused-ring (bicyclic) bond motifs is 2. The van der Waals surface area contributed by atoms with Gasteiger partial charge in [0, 0.05) is 47.5 Å². The maximum absolute atomic E-state index is 12.5. The molecule has 0 spiro atoms. The van der Waals surface area contributed by atoms with E-state index >= 15 is 0 Å². The van der Waals surface area contributed by atoms with E-state index in [-0.39, 0.29) is 11.3 Å². The number of carbonyl (C=O) groups is 1. The highest BCUT2D eigenvalue weighted by molar-refractivity contribution is 7.09. The van der Waals surface area contributed by atoms with Crippen molar-refractivity contribution in [3.63, 3.8) is 0 Å². The summed E-state index contributed by atoms with van der Waals surface area (Å²) in [5.41, 5.74) is 6.26. The predicted octanol–water partition coefficient (Wildman–Crippen LogP) is 4.62. The van der Waals surface area contributed by atoms with E-state index in [1.165, 1.54) is 38.9 Å².